The summed E-state index contributed by atoms with van der Waals surface area (Å²) < 4.78 is 12.0. The Morgan fingerprint density at radius 2 is 1.74 bits per heavy atom. The molecule has 1 heterocycles. The lowest BCUT2D eigenvalue weighted by Crippen LogP contribution is -2.41. The lowest BCUT2D eigenvalue weighted by atomic mass is 9.78. The van der Waals surface area contributed by atoms with E-state index < -0.39 is 0 Å². The summed E-state index contributed by atoms with van der Waals surface area (Å²) in [7, 11) is -0.371. The average Bonchev–Trinajstić information content (AvgIpc) is 2.57. The Hall–Kier alpha value is -1.39. The van der Waals surface area contributed by atoms with Crippen molar-refractivity contribution in [3.63, 3.8) is 0 Å². The Labute approximate surface area is 115 Å². The molecule has 0 saturated carbocycles. The number of rotatable bonds is 3. The van der Waals surface area contributed by atoms with Crippen molar-refractivity contribution in [2.45, 2.75) is 38.9 Å². The van der Waals surface area contributed by atoms with E-state index in [-0.39, 0.29) is 18.3 Å². The standard InChI is InChI=1S/C15H20BNO2/c1-7-11-8-9-12(10-13(11)17-6)16-18-14(2,3)15(4,5)19-16/h7-10H,1,6H2,2-5H3. The van der Waals surface area contributed by atoms with Crippen molar-refractivity contribution in [3.8, 4) is 0 Å². The fourth-order valence-corrected chi connectivity index (χ4v) is 2.00. The number of aliphatic imine (C=N–C) groups is 1. The molecular formula is C15H20BNO2. The van der Waals surface area contributed by atoms with Crippen molar-refractivity contribution in [1.82, 2.24) is 0 Å². The summed E-state index contributed by atoms with van der Waals surface area (Å²) in [6, 6.07) is 5.87. The molecule has 0 bridgehead atoms. The van der Waals surface area contributed by atoms with Crippen LogP contribution >= 0.6 is 0 Å². The van der Waals surface area contributed by atoms with E-state index in [2.05, 4.69) is 18.3 Å². The molecule has 1 saturated heterocycles. The summed E-state index contributed by atoms with van der Waals surface area (Å²) in [6.45, 7) is 15.5. The Morgan fingerprint density at radius 3 is 2.21 bits per heavy atom. The first kappa shape index (κ1) is 14.0. The number of benzene rings is 1. The lowest BCUT2D eigenvalue weighted by Gasteiger charge is -2.32. The van der Waals surface area contributed by atoms with Crippen LogP contribution in [0.5, 0.6) is 0 Å². The number of hydrogen-bond donors (Lipinski definition) is 0. The lowest BCUT2D eigenvalue weighted by molar-refractivity contribution is 0.00578. The van der Waals surface area contributed by atoms with Crippen molar-refractivity contribution < 1.29 is 9.31 Å². The third-order valence-corrected chi connectivity index (χ3v) is 3.97. The summed E-state index contributed by atoms with van der Waals surface area (Å²) >= 11 is 0. The second-order valence-electron chi connectivity index (χ2n) is 5.77. The van der Waals surface area contributed by atoms with Gasteiger partial charge in [0.25, 0.3) is 0 Å². The molecule has 1 aliphatic heterocycles. The molecule has 0 amide bonds. The van der Waals surface area contributed by atoms with Gasteiger partial charge in [0.1, 0.15) is 0 Å². The molecule has 0 aliphatic carbocycles. The summed E-state index contributed by atoms with van der Waals surface area (Å²) in [5, 5.41) is 0. The quantitative estimate of drug-likeness (QED) is 0.615. The molecule has 3 nitrogen and oxygen atoms in total. The van der Waals surface area contributed by atoms with E-state index in [0.29, 0.717) is 0 Å². The highest BCUT2D eigenvalue weighted by Crippen LogP contribution is 2.36. The van der Waals surface area contributed by atoms with Crippen LogP contribution in [0.25, 0.3) is 6.08 Å². The fourth-order valence-electron chi connectivity index (χ4n) is 2.00. The molecule has 2 rings (SSSR count). The van der Waals surface area contributed by atoms with Gasteiger partial charge in [-0.25, -0.2) is 0 Å². The number of hydrogen-bond acceptors (Lipinski definition) is 3. The summed E-state index contributed by atoms with van der Waals surface area (Å²) in [4.78, 5) is 4.01. The van der Waals surface area contributed by atoms with Crippen LogP contribution in [0.1, 0.15) is 33.3 Å². The molecule has 0 N–H and O–H groups in total. The van der Waals surface area contributed by atoms with Crippen molar-refractivity contribution in [2.75, 3.05) is 0 Å². The van der Waals surface area contributed by atoms with Crippen LogP contribution < -0.4 is 5.46 Å². The summed E-state index contributed by atoms with van der Waals surface area (Å²) in [5.41, 5.74) is 2.02. The minimum Gasteiger partial charge on any atom is -0.399 e. The van der Waals surface area contributed by atoms with Crippen LogP contribution in [0.2, 0.25) is 0 Å². The van der Waals surface area contributed by atoms with Crippen molar-refractivity contribution >= 4 is 31.1 Å². The van der Waals surface area contributed by atoms with Crippen LogP contribution in [-0.4, -0.2) is 25.0 Å². The highest BCUT2D eigenvalue weighted by molar-refractivity contribution is 6.62. The van der Waals surface area contributed by atoms with E-state index in [0.717, 1.165) is 16.7 Å². The summed E-state index contributed by atoms with van der Waals surface area (Å²) in [5.74, 6) is 0. The third kappa shape index (κ3) is 2.38. The van der Waals surface area contributed by atoms with Gasteiger partial charge >= 0.3 is 7.12 Å². The molecule has 0 atom stereocenters. The van der Waals surface area contributed by atoms with Gasteiger partial charge in [0.2, 0.25) is 0 Å². The topological polar surface area (TPSA) is 30.8 Å². The molecule has 0 aromatic heterocycles. The van der Waals surface area contributed by atoms with Gasteiger partial charge in [-0.1, -0.05) is 24.8 Å². The minimum atomic E-state index is -0.371. The second-order valence-corrected chi connectivity index (χ2v) is 5.77. The monoisotopic (exact) mass is 257 g/mol. The maximum absolute atomic E-state index is 6.01. The van der Waals surface area contributed by atoms with Crippen LogP contribution in [0.15, 0.2) is 29.8 Å². The molecule has 1 aromatic carbocycles. The molecule has 4 heteroatoms. The van der Waals surface area contributed by atoms with E-state index in [1.165, 1.54) is 0 Å². The zero-order valence-electron chi connectivity index (χ0n) is 12.1. The van der Waals surface area contributed by atoms with Gasteiger partial charge in [-0.2, -0.15) is 0 Å². The fraction of sp³-hybridized carbons (Fsp3) is 0.400. The Morgan fingerprint density at radius 1 is 1.16 bits per heavy atom. The minimum absolute atomic E-state index is 0.337. The molecule has 0 radical (unpaired) electrons. The van der Waals surface area contributed by atoms with Gasteiger partial charge in [-0.15, -0.1) is 0 Å². The van der Waals surface area contributed by atoms with E-state index >= 15 is 0 Å². The zero-order valence-corrected chi connectivity index (χ0v) is 12.1. The normalized spacial score (nSPS) is 20.3. The first-order valence-electron chi connectivity index (χ1n) is 6.39. The second kappa shape index (κ2) is 4.62. The van der Waals surface area contributed by atoms with Gasteiger partial charge in [-0.3, -0.25) is 4.99 Å². The zero-order chi connectivity index (χ0) is 14.3. The van der Waals surface area contributed by atoms with Crippen LogP contribution in [0.3, 0.4) is 0 Å². The largest absolute Gasteiger partial charge is 0.494 e. The summed E-state index contributed by atoms with van der Waals surface area (Å²) in [6.07, 6.45) is 1.76. The van der Waals surface area contributed by atoms with Crippen molar-refractivity contribution in [1.29, 1.82) is 0 Å². The molecule has 1 aliphatic rings. The highest BCUT2D eigenvalue weighted by Gasteiger charge is 2.51. The molecule has 0 spiro atoms. The number of nitrogens with zero attached hydrogens (tertiary/aromatic N) is 1. The molecule has 1 aromatic rings. The van der Waals surface area contributed by atoms with Crippen LogP contribution in [0, 0.1) is 0 Å². The highest BCUT2D eigenvalue weighted by atomic mass is 16.7. The molecular weight excluding hydrogens is 237 g/mol. The Kier molecular flexibility index (Phi) is 3.41. The maximum Gasteiger partial charge on any atom is 0.494 e. The van der Waals surface area contributed by atoms with Gasteiger partial charge in [0.05, 0.1) is 16.9 Å². The first-order valence-corrected chi connectivity index (χ1v) is 6.39. The van der Waals surface area contributed by atoms with Crippen molar-refractivity contribution in [2.24, 2.45) is 4.99 Å². The maximum atomic E-state index is 6.01. The molecule has 0 unspecified atom stereocenters. The van der Waals surface area contributed by atoms with Crippen molar-refractivity contribution in [3.05, 3.63) is 30.3 Å². The van der Waals surface area contributed by atoms with Gasteiger partial charge in [-0.05, 0) is 51.5 Å². The predicted molar refractivity (Wildman–Crippen MR) is 81.5 cm³/mol. The average molecular weight is 257 g/mol. The van der Waals surface area contributed by atoms with Gasteiger partial charge < -0.3 is 9.31 Å². The van der Waals surface area contributed by atoms with E-state index in [9.17, 15) is 0 Å². The predicted octanol–water partition coefficient (Wildman–Crippen LogP) is 2.96. The molecule has 100 valence electrons. The van der Waals surface area contributed by atoms with E-state index in [4.69, 9.17) is 9.31 Å². The van der Waals surface area contributed by atoms with E-state index in [1.807, 2.05) is 45.9 Å². The third-order valence-electron chi connectivity index (χ3n) is 3.97. The molecule has 19 heavy (non-hydrogen) atoms. The van der Waals surface area contributed by atoms with Crippen LogP contribution in [0.4, 0.5) is 5.69 Å². The van der Waals surface area contributed by atoms with Crippen LogP contribution in [-0.2, 0) is 9.31 Å². The Balaban J connectivity index is 2.35. The molecule has 1 fully saturated rings. The van der Waals surface area contributed by atoms with Gasteiger partial charge in [0, 0.05) is 0 Å². The Bertz CT molecular complexity index is 507. The smallest absolute Gasteiger partial charge is 0.399 e. The SMILES string of the molecule is C=Cc1ccc(B2OC(C)(C)C(C)(C)O2)cc1N=C. The first-order chi connectivity index (χ1) is 8.80. The van der Waals surface area contributed by atoms with E-state index in [1.54, 1.807) is 6.08 Å². The van der Waals surface area contributed by atoms with Gasteiger partial charge in [0.15, 0.2) is 0 Å².